The number of amides is 2. The van der Waals surface area contributed by atoms with Gasteiger partial charge in [0.15, 0.2) is 5.01 Å². The average molecular weight is 426 g/mol. The lowest BCUT2D eigenvalue weighted by Gasteiger charge is -2.06. The number of nitrogens with zero attached hydrogens (tertiary/aromatic N) is 2. The molecule has 9 heteroatoms. The van der Waals surface area contributed by atoms with Crippen LogP contribution in [0.2, 0.25) is 0 Å². The summed E-state index contributed by atoms with van der Waals surface area (Å²) in [7, 11) is 1.62. The molecule has 0 saturated heterocycles. The number of ether oxygens (including phenoxy) is 2. The molecule has 0 atom stereocenters. The number of para-hydroxylation sites is 1. The molecular formula is C21H22N4O4S. The highest BCUT2D eigenvalue weighted by molar-refractivity contribution is 7.13. The predicted molar refractivity (Wildman–Crippen MR) is 114 cm³/mol. The number of carbonyl (C=O) groups excluding carboxylic acids is 2. The molecular weight excluding hydrogens is 404 g/mol. The van der Waals surface area contributed by atoms with Gasteiger partial charge in [-0.15, -0.1) is 10.2 Å². The molecule has 3 rings (SSSR count). The van der Waals surface area contributed by atoms with Crippen LogP contribution in [-0.2, 0) is 11.3 Å². The standard InChI is InChI=1S/C21H22N4O4S/c1-28-13-5-12-22-19(26)15-8-10-16(11-9-15)23-20(27)21-25-24-18(30-21)14-29-17-6-3-2-4-7-17/h2-4,6-11H,5,12-14H2,1H3,(H,22,26)(H,23,27). The van der Waals surface area contributed by atoms with Crippen LogP contribution in [0.25, 0.3) is 0 Å². The third-order valence-electron chi connectivity index (χ3n) is 3.98. The van der Waals surface area contributed by atoms with Gasteiger partial charge in [-0.1, -0.05) is 29.5 Å². The summed E-state index contributed by atoms with van der Waals surface area (Å²) in [5.41, 5.74) is 1.08. The van der Waals surface area contributed by atoms with Gasteiger partial charge < -0.3 is 20.1 Å². The van der Waals surface area contributed by atoms with Crippen LogP contribution in [0.4, 0.5) is 5.69 Å². The Kier molecular flexibility index (Phi) is 7.87. The summed E-state index contributed by atoms with van der Waals surface area (Å²) < 4.78 is 10.6. The molecule has 1 aromatic heterocycles. The number of benzene rings is 2. The smallest absolute Gasteiger partial charge is 0.286 e. The van der Waals surface area contributed by atoms with Crippen LogP contribution >= 0.6 is 11.3 Å². The molecule has 8 nitrogen and oxygen atoms in total. The average Bonchev–Trinajstić information content (AvgIpc) is 3.26. The van der Waals surface area contributed by atoms with Crippen LogP contribution in [0.3, 0.4) is 0 Å². The van der Waals surface area contributed by atoms with Crippen molar-refractivity contribution >= 4 is 28.8 Å². The van der Waals surface area contributed by atoms with Crippen molar-refractivity contribution in [3.63, 3.8) is 0 Å². The van der Waals surface area contributed by atoms with Crippen LogP contribution in [0.15, 0.2) is 54.6 Å². The van der Waals surface area contributed by atoms with E-state index in [-0.39, 0.29) is 23.4 Å². The molecule has 3 aromatic rings. The van der Waals surface area contributed by atoms with Crippen molar-refractivity contribution < 1.29 is 19.1 Å². The third-order valence-corrected chi connectivity index (χ3v) is 4.88. The molecule has 0 unspecified atom stereocenters. The number of hydrogen-bond acceptors (Lipinski definition) is 7. The Morgan fingerprint density at radius 1 is 1.00 bits per heavy atom. The lowest BCUT2D eigenvalue weighted by Crippen LogP contribution is -2.25. The van der Waals surface area contributed by atoms with Crippen molar-refractivity contribution in [1.82, 2.24) is 15.5 Å². The van der Waals surface area contributed by atoms with Crippen molar-refractivity contribution in [3.05, 3.63) is 70.2 Å². The van der Waals surface area contributed by atoms with E-state index in [2.05, 4.69) is 20.8 Å². The summed E-state index contributed by atoms with van der Waals surface area (Å²) in [6, 6.07) is 16.0. The van der Waals surface area contributed by atoms with Gasteiger partial charge in [-0.2, -0.15) is 0 Å². The van der Waals surface area contributed by atoms with Crippen molar-refractivity contribution in [2.75, 3.05) is 25.6 Å². The van der Waals surface area contributed by atoms with E-state index in [1.807, 2.05) is 30.3 Å². The minimum atomic E-state index is -0.366. The summed E-state index contributed by atoms with van der Waals surface area (Å²) in [6.45, 7) is 1.37. The fourth-order valence-electron chi connectivity index (χ4n) is 2.48. The van der Waals surface area contributed by atoms with Gasteiger partial charge >= 0.3 is 0 Å². The number of rotatable bonds is 10. The highest BCUT2D eigenvalue weighted by Gasteiger charge is 2.14. The topological polar surface area (TPSA) is 102 Å². The third kappa shape index (κ3) is 6.36. The van der Waals surface area contributed by atoms with Gasteiger partial charge in [0.25, 0.3) is 11.8 Å². The second-order valence-corrected chi connectivity index (χ2v) is 7.30. The molecule has 30 heavy (non-hydrogen) atoms. The fraction of sp³-hybridized carbons (Fsp3) is 0.238. The first-order chi connectivity index (χ1) is 14.7. The maximum absolute atomic E-state index is 12.4. The number of anilines is 1. The molecule has 0 fully saturated rings. The zero-order chi connectivity index (χ0) is 21.2. The number of hydrogen-bond donors (Lipinski definition) is 2. The van der Waals surface area contributed by atoms with Crippen LogP contribution in [0.1, 0.15) is 31.6 Å². The van der Waals surface area contributed by atoms with Gasteiger partial charge in [-0.25, -0.2) is 0 Å². The van der Waals surface area contributed by atoms with Crippen molar-refractivity contribution in [2.45, 2.75) is 13.0 Å². The zero-order valence-electron chi connectivity index (χ0n) is 16.5. The van der Waals surface area contributed by atoms with Crippen LogP contribution in [-0.4, -0.2) is 42.3 Å². The first kappa shape index (κ1) is 21.4. The summed E-state index contributed by atoms with van der Waals surface area (Å²) in [5, 5.41) is 14.3. The van der Waals surface area contributed by atoms with Gasteiger partial charge in [-0.3, -0.25) is 9.59 Å². The molecule has 0 saturated carbocycles. The molecule has 1 heterocycles. The number of carbonyl (C=O) groups is 2. The normalized spacial score (nSPS) is 10.4. The SMILES string of the molecule is COCCCNC(=O)c1ccc(NC(=O)c2nnc(COc3ccccc3)s2)cc1. The van der Waals surface area contributed by atoms with E-state index >= 15 is 0 Å². The number of methoxy groups -OCH3 is 1. The largest absolute Gasteiger partial charge is 0.486 e. The summed E-state index contributed by atoms with van der Waals surface area (Å²) in [4.78, 5) is 24.5. The van der Waals surface area contributed by atoms with Gasteiger partial charge in [-0.05, 0) is 42.8 Å². The Morgan fingerprint density at radius 2 is 1.77 bits per heavy atom. The molecule has 2 N–H and O–H groups in total. The van der Waals surface area contributed by atoms with Gasteiger partial charge in [0, 0.05) is 31.5 Å². The first-order valence-corrected chi connectivity index (χ1v) is 10.2. The Balaban J connectivity index is 1.49. The molecule has 0 radical (unpaired) electrons. The zero-order valence-corrected chi connectivity index (χ0v) is 17.3. The Labute approximate surface area is 178 Å². The summed E-state index contributed by atoms with van der Waals surface area (Å²) in [5.74, 6) is 0.188. The predicted octanol–water partition coefficient (Wildman–Crippen LogP) is 3.14. The number of nitrogens with one attached hydrogen (secondary N) is 2. The van der Waals surface area contributed by atoms with Crippen LogP contribution < -0.4 is 15.4 Å². The van der Waals surface area contributed by atoms with E-state index in [4.69, 9.17) is 9.47 Å². The lowest BCUT2D eigenvalue weighted by molar-refractivity contribution is 0.0948. The molecule has 2 amide bonds. The molecule has 0 aliphatic heterocycles. The van der Waals surface area contributed by atoms with Crippen molar-refractivity contribution in [2.24, 2.45) is 0 Å². The van der Waals surface area contributed by atoms with E-state index in [0.717, 1.165) is 12.2 Å². The number of aromatic nitrogens is 2. The molecule has 0 bridgehead atoms. The molecule has 0 spiro atoms. The maximum Gasteiger partial charge on any atom is 0.286 e. The van der Waals surface area contributed by atoms with Gasteiger partial charge in [0.2, 0.25) is 5.01 Å². The Hall–Kier alpha value is -3.30. The molecule has 0 aliphatic rings. The lowest BCUT2D eigenvalue weighted by atomic mass is 10.2. The van der Waals surface area contributed by atoms with E-state index < -0.39 is 0 Å². The highest BCUT2D eigenvalue weighted by atomic mass is 32.1. The fourth-order valence-corrected chi connectivity index (χ4v) is 3.12. The maximum atomic E-state index is 12.4. The minimum absolute atomic E-state index is 0.170. The molecule has 156 valence electrons. The van der Waals surface area contributed by atoms with E-state index in [1.165, 1.54) is 11.3 Å². The van der Waals surface area contributed by atoms with Crippen LogP contribution in [0, 0.1) is 0 Å². The van der Waals surface area contributed by atoms with E-state index in [0.29, 0.717) is 29.4 Å². The van der Waals surface area contributed by atoms with Crippen LogP contribution in [0.5, 0.6) is 5.75 Å². The molecule has 0 aliphatic carbocycles. The first-order valence-electron chi connectivity index (χ1n) is 9.34. The van der Waals surface area contributed by atoms with E-state index in [9.17, 15) is 9.59 Å². The second kappa shape index (κ2) is 11.0. The van der Waals surface area contributed by atoms with Crippen molar-refractivity contribution in [3.8, 4) is 5.75 Å². The second-order valence-electron chi connectivity index (χ2n) is 6.24. The summed E-state index contributed by atoms with van der Waals surface area (Å²) >= 11 is 1.17. The Bertz CT molecular complexity index is 961. The molecule has 2 aromatic carbocycles. The minimum Gasteiger partial charge on any atom is -0.486 e. The Morgan fingerprint density at radius 3 is 2.50 bits per heavy atom. The van der Waals surface area contributed by atoms with E-state index in [1.54, 1.807) is 31.4 Å². The monoisotopic (exact) mass is 426 g/mol. The summed E-state index contributed by atoms with van der Waals surface area (Å²) in [6.07, 6.45) is 0.747. The highest BCUT2D eigenvalue weighted by Crippen LogP contribution is 2.17. The van der Waals surface area contributed by atoms with Gasteiger partial charge in [0.1, 0.15) is 12.4 Å². The van der Waals surface area contributed by atoms with Gasteiger partial charge in [0.05, 0.1) is 0 Å². The quantitative estimate of drug-likeness (QED) is 0.483. The van der Waals surface area contributed by atoms with Crippen molar-refractivity contribution in [1.29, 1.82) is 0 Å².